The van der Waals surface area contributed by atoms with E-state index in [-0.39, 0.29) is 18.7 Å². The molecule has 0 saturated carbocycles. The first-order valence-electron chi connectivity index (χ1n) is 6.13. The molecule has 0 aromatic heterocycles. The predicted octanol–water partition coefficient (Wildman–Crippen LogP) is -0.713. The second-order valence-corrected chi connectivity index (χ2v) is 7.08. The summed E-state index contributed by atoms with van der Waals surface area (Å²) in [7, 11) is -1.83. The van der Waals surface area contributed by atoms with Gasteiger partial charge in [-0.05, 0) is 19.8 Å². The molecular formula is C11H22N2O6S. The number of hydrogen-bond acceptors (Lipinski definition) is 5. The average molecular weight is 310 g/mol. The van der Waals surface area contributed by atoms with Gasteiger partial charge in [0.05, 0.1) is 11.9 Å². The summed E-state index contributed by atoms with van der Waals surface area (Å²) in [5.74, 6) is -1.60. The minimum Gasteiger partial charge on any atom is -0.480 e. The molecule has 0 aromatic rings. The van der Waals surface area contributed by atoms with Crippen molar-refractivity contribution in [3.8, 4) is 0 Å². The monoisotopic (exact) mass is 310 g/mol. The van der Waals surface area contributed by atoms with Crippen molar-refractivity contribution in [3.63, 3.8) is 0 Å². The van der Waals surface area contributed by atoms with E-state index in [4.69, 9.17) is 10.2 Å². The minimum absolute atomic E-state index is 0.190. The van der Waals surface area contributed by atoms with E-state index >= 15 is 0 Å². The van der Waals surface area contributed by atoms with Gasteiger partial charge >= 0.3 is 12.0 Å². The van der Waals surface area contributed by atoms with Gasteiger partial charge in [0.1, 0.15) is 15.9 Å². The van der Waals surface area contributed by atoms with Crippen molar-refractivity contribution < 1.29 is 28.2 Å². The standard InChI is InChI=1S/C11H22N2O6S/c1-8(14)4-6-13(2)11(17)12-9(10(15)16)5-7-20(3,18)19/h8-9,14H,4-7H2,1-3H3,(H,12,17)(H,15,16). The van der Waals surface area contributed by atoms with Gasteiger partial charge in [-0.1, -0.05) is 0 Å². The van der Waals surface area contributed by atoms with Crippen LogP contribution in [0.5, 0.6) is 0 Å². The molecule has 0 bridgehead atoms. The van der Waals surface area contributed by atoms with E-state index in [9.17, 15) is 18.0 Å². The summed E-state index contributed by atoms with van der Waals surface area (Å²) in [6.45, 7) is 1.85. The topological polar surface area (TPSA) is 124 Å². The maximum atomic E-state index is 11.7. The smallest absolute Gasteiger partial charge is 0.326 e. The fourth-order valence-corrected chi connectivity index (χ4v) is 1.99. The second kappa shape index (κ2) is 8.05. The first-order chi connectivity index (χ1) is 9.03. The molecule has 0 rings (SSSR count). The summed E-state index contributed by atoms with van der Waals surface area (Å²) < 4.78 is 22.0. The summed E-state index contributed by atoms with van der Waals surface area (Å²) in [6.07, 6.45) is 0.614. The number of aliphatic hydroxyl groups excluding tert-OH is 1. The van der Waals surface area contributed by atoms with E-state index in [1.54, 1.807) is 6.92 Å². The van der Waals surface area contributed by atoms with Crippen LogP contribution >= 0.6 is 0 Å². The Balaban J connectivity index is 4.44. The summed E-state index contributed by atoms with van der Waals surface area (Å²) >= 11 is 0. The van der Waals surface area contributed by atoms with Gasteiger partial charge in [-0.25, -0.2) is 18.0 Å². The van der Waals surface area contributed by atoms with Gasteiger partial charge in [-0.15, -0.1) is 0 Å². The second-order valence-electron chi connectivity index (χ2n) is 4.82. The van der Waals surface area contributed by atoms with Crippen LogP contribution in [0, 0.1) is 0 Å². The number of urea groups is 1. The van der Waals surface area contributed by atoms with E-state index in [1.165, 1.54) is 11.9 Å². The van der Waals surface area contributed by atoms with Gasteiger partial charge in [-0.3, -0.25) is 0 Å². The highest BCUT2D eigenvalue weighted by Crippen LogP contribution is 2.00. The van der Waals surface area contributed by atoms with Crippen molar-refractivity contribution in [2.45, 2.75) is 31.9 Å². The third-order valence-electron chi connectivity index (χ3n) is 2.60. The molecule has 0 fully saturated rings. The van der Waals surface area contributed by atoms with Crippen molar-refractivity contribution in [2.75, 3.05) is 25.6 Å². The van der Waals surface area contributed by atoms with Crippen molar-refractivity contribution >= 4 is 21.8 Å². The van der Waals surface area contributed by atoms with E-state index in [0.29, 0.717) is 6.42 Å². The third-order valence-corrected chi connectivity index (χ3v) is 3.58. The van der Waals surface area contributed by atoms with Gasteiger partial charge < -0.3 is 20.4 Å². The number of nitrogens with one attached hydrogen (secondary N) is 1. The Hall–Kier alpha value is -1.35. The van der Waals surface area contributed by atoms with Crippen LogP contribution in [-0.4, -0.2) is 73.3 Å². The minimum atomic E-state index is -3.29. The molecule has 0 aromatic carbocycles. The van der Waals surface area contributed by atoms with Crippen LogP contribution in [0.15, 0.2) is 0 Å². The third kappa shape index (κ3) is 8.70. The lowest BCUT2D eigenvalue weighted by Crippen LogP contribution is -2.47. The number of aliphatic hydroxyl groups is 1. The van der Waals surface area contributed by atoms with Crippen molar-refractivity contribution in [3.05, 3.63) is 0 Å². The number of rotatable bonds is 8. The number of aliphatic carboxylic acids is 1. The summed E-state index contributed by atoms with van der Waals surface area (Å²) in [5.41, 5.74) is 0. The number of carboxylic acid groups (broad SMARTS) is 1. The number of hydrogen-bond donors (Lipinski definition) is 3. The average Bonchev–Trinajstić information content (AvgIpc) is 2.29. The van der Waals surface area contributed by atoms with Gasteiger partial charge in [0.25, 0.3) is 0 Å². The number of sulfone groups is 1. The molecule has 0 radical (unpaired) electrons. The normalized spacial score (nSPS) is 14.4. The highest BCUT2D eigenvalue weighted by Gasteiger charge is 2.23. The molecule has 0 saturated heterocycles. The fourth-order valence-electron chi connectivity index (χ4n) is 1.33. The maximum Gasteiger partial charge on any atom is 0.326 e. The largest absolute Gasteiger partial charge is 0.480 e. The number of carbonyl (C=O) groups excluding carboxylic acids is 1. The molecule has 2 unspecified atom stereocenters. The van der Waals surface area contributed by atoms with Crippen LogP contribution in [0.2, 0.25) is 0 Å². The molecule has 0 aliphatic carbocycles. The van der Waals surface area contributed by atoms with Crippen molar-refractivity contribution in [1.29, 1.82) is 0 Å². The summed E-state index contributed by atoms with van der Waals surface area (Å²) in [6, 6.07) is -1.88. The first kappa shape index (κ1) is 18.7. The number of carbonyl (C=O) groups is 2. The van der Waals surface area contributed by atoms with Crippen molar-refractivity contribution in [1.82, 2.24) is 10.2 Å². The zero-order valence-corrected chi connectivity index (χ0v) is 12.7. The maximum absolute atomic E-state index is 11.7. The number of carboxylic acids is 1. The molecule has 3 N–H and O–H groups in total. The zero-order valence-electron chi connectivity index (χ0n) is 11.9. The molecular weight excluding hydrogens is 288 g/mol. The van der Waals surface area contributed by atoms with E-state index in [1.807, 2.05) is 0 Å². The molecule has 2 amide bonds. The van der Waals surface area contributed by atoms with E-state index in [0.717, 1.165) is 6.26 Å². The first-order valence-corrected chi connectivity index (χ1v) is 8.19. The molecule has 9 heteroatoms. The highest BCUT2D eigenvalue weighted by atomic mass is 32.2. The highest BCUT2D eigenvalue weighted by molar-refractivity contribution is 7.90. The Labute approximate surface area is 118 Å². The molecule has 0 aliphatic rings. The van der Waals surface area contributed by atoms with Gasteiger partial charge in [0, 0.05) is 19.8 Å². The lowest BCUT2D eigenvalue weighted by molar-refractivity contribution is -0.139. The Bertz CT molecular complexity index is 434. The molecule has 0 spiro atoms. The SMILES string of the molecule is CC(O)CCN(C)C(=O)NC(CCS(C)(=O)=O)C(=O)O. The van der Waals surface area contributed by atoms with Crippen LogP contribution in [-0.2, 0) is 14.6 Å². The predicted molar refractivity (Wildman–Crippen MR) is 73.2 cm³/mol. The lowest BCUT2D eigenvalue weighted by Gasteiger charge is -2.21. The van der Waals surface area contributed by atoms with Gasteiger partial charge in [0.15, 0.2) is 0 Å². The van der Waals surface area contributed by atoms with Crippen LogP contribution in [0.3, 0.4) is 0 Å². The van der Waals surface area contributed by atoms with Crippen LogP contribution < -0.4 is 5.32 Å². The number of amides is 2. The quantitative estimate of drug-likeness (QED) is 0.544. The summed E-state index contributed by atoms with van der Waals surface area (Å²) in [5, 5.41) is 20.3. The van der Waals surface area contributed by atoms with E-state index in [2.05, 4.69) is 5.32 Å². The molecule has 0 aliphatic heterocycles. The van der Waals surface area contributed by atoms with Crippen LogP contribution in [0.25, 0.3) is 0 Å². The van der Waals surface area contributed by atoms with Crippen LogP contribution in [0.1, 0.15) is 19.8 Å². The Morgan fingerprint density at radius 2 is 1.85 bits per heavy atom. The van der Waals surface area contributed by atoms with Crippen molar-refractivity contribution in [2.24, 2.45) is 0 Å². The molecule has 20 heavy (non-hydrogen) atoms. The summed E-state index contributed by atoms with van der Waals surface area (Å²) in [4.78, 5) is 23.9. The Morgan fingerprint density at radius 3 is 2.25 bits per heavy atom. The zero-order chi connectivity index (χ0) is 15.9. The van der Waals surface area contributed by atoms with Gasteiger partial charge in [-0.2, -0.15) is 0 Å². The Morgan fingerprint density at radius 1 is 1.30 bits per heavy atom. The lowest BCUT2D eigenvalue weighted by atomic mass is 10.2. The molecule has 0 heterocycles. The van der Waals surface area contributed by atoms with Gasteiger partial charge in [0.2, 0.25) is 0 Å². The number of nitrogens with zero attached hydrogens (tertiary/aromatic N) is 1. The van der Waals surface area contributed by atoms with Crippen LogP contribution in [0.4, 0.5) is 4.79 Å². The molecule has 2 atom stereocenters. The van der Waals surface area contributed by atoms with E-state index < -0.39 is 34.0 Å². The molecule has 8 nitrogen and oxygen atoms in total. The Kier molecular flexibility index (Phi) is 7.51. The fraction of sp³-hybridized carbons (Fsp3) is 0.818. The molecule has 118 valence electrons.